The maximum Gasteiger partial charge on any atom is 0.337 e. The van der Waals surface area contributed by atoms with Gasteiger partial charge in [-0.3, -0.25) is 9.36 Å². The van der Waals surface area contributed by atoms with Gasteiger partial charge in [-0.05, 0) is 42.7 Å². The number of aromatic nitrogens is 4. The molecule has 160 valence electrons. The number of imidazole rings is 1. The summed E-state index contributed by atoms with van der Waals surface area (Å²) in [7, 11) is 1.59. The van der Waals surface area contributed by atoms with Gasteiger partial charge in [-0.25, -0.2) is 14.3 Å². The number of benzene rings is 2. The predicted octanol–water partition coefficient (Wildman–Crippen LogP) is 3.62. The summed E-state index contributed by atoms with van der Waals surface area (Å²) in [5.41, 5.74) is 1.73. The van der Waals surface area contributed by atoms with E-state index in [1.165, 1.54) is 9.13 Å². The van der Waals surface area contributed by atoms with E-state index in [-0.39, 0.29) is 17.5 Å². The van der Waals surface area contributed by atoms with Gasteiger partial charge in [0.25, 0.3) is 5.56 Å². The molecule has 0 saturated heterocycles. The molecule has 31 heavy (non-hydrogen) atoms. The standard InChI is InChI=1S/C24H26N4O3/c1-16(2)14-26-23(29)21-22(25-15-27(21)17(3)18-8-6-5-7-9-18)28(24(26)30)19-10-12-20(31-4)13-11-19/h5-13,15-17H,14H2,1-4H3/t17-/m1/s1. The Morgan fingerprint density at radius 1 is 0.968 bits per heavy atom. The molecule has 4 aromatic rings. The van der Waals surface area contributed by atoms with Crippen LogP contribution in [0.4, 0.5) is 0 Å². The first-order valence-electron chi connectivity index (χ1n) is 10.3. The second-order valence-corrected chi connectivity index (χ2v) is 8.04. The summed E-state index contributed by atoms with van der Waals surface area (Å²) < 4.78 is 9.91. The smallest absolute Gasteiger partial charge is 0.337 e. The summed E-state index contributed by atoms with van der Waals surface area (Å²) in [6.07, 6.45) is 1.64. The molecule has 7 heteroatoms. The largest absolute Gasteiger partial charge is 0.497 e. The van der Waals surface area contributed by atoms with Gasteiger partial charge < -0.3 is 9.30 Å². The quantitative estimate of drug-likeness (QED) is 0.479. The Labute approximate surface area is 180 Å². The minimum absolute atomic E-state index is 0.117. The summed E-state index contributed by atoms with van der Waals surface area (Å²) in [5.74, 6) is 0.821. The number of methoxy groups -OCH3 is 1. The van der Waals surface area contributed by atoms with E-state index in [4.69, 9.17) is 4.74 Å². The summed E-state index contributed by atoms with van der Waals surface area (Å²) in [6.45, 7) is 6.32. The van der Waals surface area contributed by atoms with Crippen LogP contribution in [0.1, 0.15) is 32.4 Å². The number of nitrogens with zero attached hydrogens (tertiary/aromatic N) is 4. The number of hydrogen-bond donors (Lipinski definition) is 0. The SMILES string of the molecule is COc1ccc(-n2c(=O)n(CC(C)C)c(=O)c3c2ncn3[C@H](C)c2ccccc2)cc1. The molecule has 4 rings (SSSR count). The Kier molecular flexibility index (Phi) is 5.50. The maximum absolute atomic E-state index is 13.5. The first-order valence-corrected chi connectivity index (χ1v) is 10.3. The lowest BCUT2D eigenvalue weighted by Gasteiger charge is -2.17. The summed E-state index contributed by atoms with van der Waals surface area (Å²) in [6, 6.07) is 17.0. The molecule has 0 aliphatic rings. The van der Waals surface area contributed by atoms with E-state index in [2.05, 4.69) is 4.98 Å². The summed E-state index contributed by atoms with van der Waals surface area (Å²) >= 11 is 0. The van der Waals surface area contributed by atoms with Gasteiger partial charge in [0.05, 0.1) is 25.2 Å². The molecule has 0 spiro atoms. The zero-order chi connectivity index (χ0) is 22.1. The highest BCUT2D eigenvalue weighted by molar-refractivity contribution is 5.73. The van der Waals surface area contributed by atoms with Crippen molar-refractivity contribution >= 4 is 11.2 Å². The van der Waals surface area contributed by atoms with Crippen LogP contribution in [0.15, 0.2) is 70.5 Å². The van der Waals surface area contributed by atoms with Crippen molar-refractivity contribution in [3.05, 3.63) is 87.3 Å². The Bertz CT molecular complexity index is 1320. The van der Waals surface area contributed by atoms with Crippen molar-refractivity contribution < 1.29 is 4.74 Å². The van der Waals surface area contributed by atoms with Crippen molar-refractivity contribution in [2.45, 2.75) is 33.4 Å². The number of hydrogen-bond acceptors (Lipinski definition) is 4. The fourth-order valence-electron chi connectivity index (χ4n) is 3.82. The van der Waals surface area contributed by atoms with Crippen LogP contribution in [-0.4, -0.2) is 25.8 Å². The molecule has 0 bridgehead atoms. The molecule has 0 saturated carbocycles. The minimum Gasteiger partial charge on any atom is -0.497 e. The molecule has 1 atom stereocenters. The van der Waals surface area contributed by atoms with E-state index >= 15 is 0 Å². The molecule has 0 fully saturated rings. The van der Waals surface area contributed by atoms with E-state index in [9.17, 15) is 9.59 Å². The molecular formula is C24H26N4O3. The number of ether oxygens (including phenoxy) is 1. The van der Waals surface area contributed by atoms with Crippen molar-refractivity contribution in [2.75, 3.05) is 7.11 Å². The highest BCUT2D eigenvalue weighted by Gasteiger charge is 2.22. The van der Waals surface area contributed by atoms with Gasteiger partial charge in [0.2, 0.25) is 0 Å². The minimum atomic E-state index is -0.394. The van der Waals surface area contributed by atoms with Crippen LogP contribution >= 0.6 is 0 Å². The molecule has 0 amide bonds. The van der Waals surface area contributed by atoms with Gasteiger partial charge in [-0.1, -0.05) is 44.2 Å². The number of rotatable bonds is 6. The van der Waals surface area contributed by atoms with Crippen LogP contribution in [0.2, 0.25) is 0 Å². The fraction of sp³-hybridized carbons (Fsp3) is 0.292. The number of fused-ring (bicyclic) bond motifs is 1. The summed E-state index contributed by atoms with van der Waals surface area (Å²) in [5, 5.41) is 0. The van der Waals surface area contributed by atoms with Crippen LogP contribution in [0.5, 0.6) is 5.75 Å². The molecule has 0 radical (unpaired) electrons. The van der Waals surface area contributed by atoms with E-state index in [1.54, 1.807) is 37.7 Å². The molecule has 7 nitrogen and oxygen atoms in total. The highest BCUT2D eigenvalue weighted by Crippen LogP contribution is 2.23. The molecule has 0 aliphatic heterocycles. The van der Waals surface area contributed by atoms with Crippen LogP contribution < -0.4 is 16.0 Å². The Hall–Kier alpha value is -3.61. The van der Waals surface area contributed by atoms with Crippen LogP contribution in [-0.2, 0) is 6.54 Å². The van der Waals surface area contributed by atoms with Crippen LogP contribution in [0.3, 0.4) is 0 Å². The molecular weight excluding hydrogens is 392 g/mol. The Balaban J connectivity index is 2.02. The topological polar surface area (TPSA) is 71.1 Å². The van der Waals surface area contributed by atoms with Gasteiger partial charge in [-0.15, -0.1) is 0 Å². The third-order valence-electron chi connectivity index (χ3n) is 5.43. The van der Waals surface area contributed by atoms with Crippen LogP contribution in [0, 0.1) is 5.92 Å². The highest BCUT2D eigenvalue weighted by atomic mass is 16.5. The van der Waals surface area contributed by atoms with E-state index in [0.29, 0.717) is 29.1 Å². The lowest BCUT2D eigenvalue weighted by Crippen LogP contribution is -2.41. The first kappa shape index (κ1) is 20.7. The van der Waals surface area contributed by atoms with Crippen molar-refractivity contribution in [3.63, 3.8) is 0 Å². The van der Waals surface area contributed by atoms with Gasteiger partial charge >= 0.3 is 5.69 Å². The third kappa shape index (κ3) is 3.67. The second kappa shape index (κ2) is 8.26. The van der Waals surface area contributed by atoms with Gasteiger partial charge in [-0.2, -0.15) is 0 Å². The van der Waals surface area contributed by atoms with E-state index in [1.807, 2.05) is 55.7 Å². The van der Waals surface area contributed by atoms with Gasteiger partial charge in [0.1, 0.15) is 5.75 Å². The van der Waals surface area contributed by atoms with Gasteiger partial charge in [0.15, 0.2) is 11.2 Å². The lowest BCUT2D eigenvalue weighted by molar-refractivity contribution is 0.414. The molecule has 2 aromatic carbocycles. The molecule has 0 unspecified atom stereocenters. The normalized spacial score (nSPS) is 12.4. The summed E-state index contributed by atoms with van der Waals surface area (Å²) in [4.78, 5) is 31.4. The molecule has 0 aliphatic carbocycles. The molecule has 2 aromatic heterocycles. The van der Waals surface area contributed by atoms with Gasteiger partial charge in [0, 0.05) is 6.54 Å². The van der Waals surface area contributed by atoms with E-state index in [0.717, 1.165) is 5.56 Å². The third-order valence-corrected chi connectivity index (χ3v) is 5.43. The zero-order valence-electron chi connectivity index (χ0n) is 18.1. The fourth-order valence-corrected chi connectivity index (χ4v) is 3.82. The average molecular weight is 418 g/mol. The lowest BCUT2D eigenvalue weighted by atomic mass is 10.1. The monoisotopic (exact) mass is 418 g/mol. The molecule has 0 N–H and O–H groups in total. The van der Waals surface area contributed by atoms with Crippen molar-refractivity contribution in [1.82, 2.24) is 18.7 Å². The van der Waals surface area contributed by atoms with E-state index < -0.39 is 5.69 Å². The van der Waals surface area contributed by atoms with Crippen molar-refractivity contribution in [3.8, 4) is 11.4 Å². The zero-order valence-corrected chi connectivity index (χ0v) is 18.1. The van der Waals surface area contributed by atoms with Crippen molar-refractivity contribution in [1.29, 1.82) is 0 Å². The van der Waals surface area contributed by atoms with Crippen LogP contribution in [0.25, 0.3) is 16.9 Å². The second-order valence-electron chi connectivity index (χ2n) is 8.04. The maximum atomic E-state index is 13.5. The average Bonchev–Trinajstić information content (AvgIpc) is 3.22. The molecule has 2 heterocycles. The predicted molar refractivity (Wildman–Crippen MR) is 121 cm³/mol. The Morgan fingerprint density at radius 3 is 2.26 bits per heavy atom. The van der Waals surface area contributed by atoms with Crippen molar-refractivity contribution in [2.24, 2.45) is 5.92 Å². The first-order chi connectivity index (χ1) is 14.9. The Morgan fingerprint density at radius 2 is 1.65 bits per heavy atom.